The Morgan fingerprint density at radius 3 is 2.35 bits per heavy atom. The van der Waals surface area contributed by atoms with Crippen molar-refractivity contribution in [2.45, 2.75) is 26.7 Å². The molecule has 2 aromatic rings. The van der Waals surface area contributed by atoms with Crippen molar-refractivity contribution in [2.75, 3.05) is 6.54 Å². The van der Waals surface area contributed by atoms with Crippen LogP contribution in [0.5, 0.6) is 0 Å². The molecule has 0 heterocycles. The molecule has 0 saturated heterocycles. The first-order valence-corrected chi connectivity index (χ1v) is 7.09. The highest BCUT2D eigenvalue weighted by Gasteiger charge is 2.11. The number of halogens is 1. The van der Waals surface area contributed by atoms with Crippen LogP contribution in [0.15, 0.2) is 42.5 Å². The van der Waals surface area contributed by atoms with Crippen molar-refractivity contribution in [1.29, 1.82) is 0 Å². The lowest BCUT2D eigenvalue weighted by molar-refractivity contribution is 0.531. The van der Waals surface area contributed by atoms with Crippen LogP contribution in [0.1, 0.15) is 22.3 Å². The van der Waals surface area contributed by atoms with Crippen LogP contribution in [0.25, 0.3) is 0 Å². The van der Waals surface area contributed by atoms with Crippen LogP contribution in [-0.4, -0.2) is 6.54 Å². The van der Waals surface area contributed by atoms with Gasteiger partial charge in [-0.05, 0) is 68.0 Å². The number of hydrogen-bond acceptors (Lipinski definition) is 1. The summed E-state index contributed by atoms with van der Waals surface area (Å²) in [6.07, 6.45) is 1.87. The minimum absolute atomic E-state index is 0.187. The summed E-state index contributed by atoms with van der Waals surface area (Å²) < 4.78 is 12.9. The number of hydrogen-bond donors (Lipinski definition) is 1. The SMILES string of the molecule is Cc1ccc(C)c(CC(CN)Cc2ccc(F)cc2)c1. The first kappa shape index (κ1) is 14.7. The standard InChI is InChI=1S/C18H22FN/c1-13-3-4-14(2)17(9-13)11-16(12-20)10-15-5-7-18(19)8-6-15/h3-9,16H,10-12,20H2,1-2H3. The van der Waals surface area contributed by atoms with Crippen molar-refractivity contribution in [1.82, 2.24) is 0 Å². The largest absolute Gasteiger partial charge is 0.330 e. The van der Waals surface area contributed by atoms with Crippen LogP contribution in [0.3, 0.4) is 0 Å². The van der Waals surface area contributed by atoms with Gasteiger partial charge in [0, 0.05) is 0 Å². The Labute approximate surface area is 120 Å². The third kappa shape index (κ3) is 3.91. The van der Waals surface area contributed by atoms with E-state index in [1.165, 1.54) is 28.8 Å². The highest BCUT2D eigenvalue weighted by atomic mass is 19.1. The monoisotopic (exact) mass is 271 g/mol. The maximum Gasteiger partial charge on any atom is 0.123 e. The van der Waals surface area contributed by atoms with E-state index < -0.39 is 0 Å². The van der Waals surface area contributed by atoms with E-state index in [1.54, 1.807) is 0 Å². The van der Waals surface area contributed by atoms with E-state index in [9.17, 15) is 4.39 Å². The molecule has 2 rings (SSSR count). The van der Waals surface area contributed by atoms with Crippen molar-refractivity contribution in [3.8, 4) is 0 Å². The van der Waals surface area contributed by atoms with Crippen LogP contribution in [-0.2, 0) is 12.8 Å². The molecule has 0 spiro atoms. The predicted octanol–water partition coefficient (Wildman–Crippen LogP) is 3.80. The van der Waals surface area contributed by atoms with Crippen molar-refractivity contribution in [3.63, 3.8) is 0 Å². The normalized spacial score (nSPS) is 12.4. The van der Waals surface area contributed by atoms with Crippen molar-refractivity contribution in [2.24, 2.45) is 11.7 Å². The molecule has 0 radical (unpaired) electrons. The van der Waals surface area contributed by atoms with Gasteiger partial charge in [0.05, 0.1) is 0 Å². The molecule has 0 aliphatic heterocycles. The molecule has 20 heavy (non-hydrogen) atoms. The molecular formula is C18H22FN. The second kappa shape index (κ2) is 6.67. The van der Waals surface area contributed by atoms with Gasteiger partial charge >= 0.3 is 0 Å². The van der Waals surface area contributed by atoms with Crippen LogP contribution in [0.4, 0.5) is 4.39 Å². The highest BCUT2D eigenvalue weighted by molar-refractivity contribution is 5.31. The van der Waals surface area contributed by atoms with E-state index >= 15 is 0 Å². The van der Waals surface area contributed by atoms with Gasteiger partial charge in [-0.3, -0.25) is 0 Å². The quantitative estimate of drug-likeness (QED) is 0.879. The number of rotatable bonds is 5. The molecule has 2 N–H and O–H groups in total. The zero-order valence-corrected chi connectivity index (χ0v) is 12.2. The molecule has 0 aromatic heterocycles. The van der Waals surface area contributed by atoms with E-state index in [-0.39, 0.29) is 5.82 Å². The Kier molecular flexibility index (Phi) is 4.91. The predicted molar refractivity (Wildman–Crippen MR) is 82.3 cm³/mol. The maximum absolute atomic E-state index is 12.9. The van der Waals surface area contributed by atoms with Gasteiger partial charge in [0.2, 0.25) is 0 Å². The molecule has 0 amide bonds. The van der Waals surface area contributed by atoms with E-state index in [2.05, 4.69) is 32.0 Å². The fourth-order valence-corrected chi connectivity index (χ4v) is 2.52. The van der Waals surface area contributed by atoms with E-state index in [0.717, 1.165) is 18.4 Å². The third-order valence-corrected chi connectivity index (χ3v) is 3.78. The van der Waals surface area contributed by atoms with Crippen molar-refractivity contribution < 1.29 is 4.39 Å². The number of aryl methyl sites for hydroxylation is 2. The van der Waals surface area contributed by atoms with Gasteiger partial charge < -0.3 is 5.73 Å². The lowest BCUT2D eigenvalue weighted by atomic mass is 9.90. The molecule has 1 atom stereocenters. The molecule has 0 aliphatic carbocycles. The smallest absolute Gasteiger partial charge is 0.123 e. The lowest BCUT2D eigenvalue weighted by Gasteiger charge is -2.17. The Bertz CT molecular complexity index is 560. The summed E-state index contributed by atoms with van der Waals surface area (Å²) in [7, 11) is 0. The molecule has 1 unspecified atom stereocenters. The van der Waals surface area contributed by atoms with Gasteiger partial charge in [-0.1, -0.05) is 35.9 Å². The summed E-state index contributed by atoms with van der Waals surface area (Å²) in [5.74, 6) is 0.202. The molecule has 0 fully saturated rings. The van der Waals surface area contributed by atoms with Gasteiger partial charge in [-0.15, -0.1) is 0 Å². The maximum atomic E-state index is 12.9. The third-order valence-electron chi connectivity index (χ3n) is 3.78. The van der Waals surface area contributed by atoms with Gasteiger partial charge in [0.1, 0.15) is 5.82 Å². The second-order valence-electron chi connectivity index (χ2n) is 5.57. The average Bonchev–Trinajstić information content (AvgIpc) is 2.44. The van der Waals surface area contributed by atoms with Gasteiger partial charge in [0.25, 0.3) is 0 Å². The van der Waals surface area contributed by atoms with Crippen LogP contribution >= 0.6 is 0 Å². The van der Waals surface area contributed by atoms with Gasteiger partial charge in [0.15, 0.2) is 0 Å². The molecule has 0 aliphatic rings. The lowest BCUT2D eigenvalue weighted by Crippen LogP contribution is -2.19. The van der Waals surface area contributed by atoms with E-state index in [4.69, 9.17) is 5.73 Å². The molecule has 2 aromatic carbocycles. The zero-order chi connectivity index (χ0) is 14.5. The van der Waals surface area contributed by atoms with Crippen LogP contribution in [0.2, 0.25) is 0 Å². The Hall–Kier alpha value is -1.67. The first-order chi connectivity index (χ1) is 9.58. The highest BCUT2D eigenvalue weighted by Crippen LogP contribution is 2.18. The molecule has 1 nitrogen and oxygen atoms in total. The van der Waals surface area contributed by atoms with Crippen molar-refractivity contribution in [3.05, 3.63) is 70.5 Å². The molecular weight excluding hydrogens is 249 g/mol. The topological polar surface area (TPSA) is 26.0 Å². The summed E-state index contributed by atoms with van der Waals surface area (Å²) in [4.78, 5) is 0. The van der Waals surface area contributed by atoms with E-state index in [0.29, 0.717) is 12.5 Å². The fourth-order valence-electron chi connectivity index (χ4n) is 2.52. The summed E-state index contributed by atoms with van der Waals surface area (Å²) in [5.41, 5.74) is 11.0. The van der Waals surface area contributed by atoms with Gasteiger partial charge in [-0.2, -0.15) is 0 Å². The van der Waals surface area contributed by atoms with Gasteiger partial charge in [-0.25, -0.2) is 4.39 Å². The van der Waals surface area contributed by atoms with Crippen LogP contribution in [0, 0.1) is 25.6 Å². The molecule has 0 bridgehead atoms. The Balaban J connectivity index is 2.08. The minimum Gasteiger partial charge on any atom is -0.330 e. The second-order valence-corrected chi connectivity index (χ2v) is 5.57. The summed E-state index contributed by atoms with van der Waals surface area (Å²) in [5, 5.41) is 0. The number of benzene rings is 2. The molecule has 2 heteroatoms. The molecule has 0 saturated carbocycles. The fraction of sp³-hybridized carbons (Fsp3) is 0.333. The number of nitrogens with two attached hydrogens (primary N) is 1. The minimum atomic E-state index is -0.187. The van der Waals surface area contributed by atoms with Crippen LogP contribution < -0.4 is 5.73 Å². The summed E-state index contributed by atoms with van der Waals surface area (Å²) in [6.45, 7) is 4.89. The average molecular weight is 271 g/mol. The van der Waals surface area contributed by atoms with Crippen molar-refractivity contribution >= 4 is 0 Å². The molecule has 106 valence electrons. The zero-order valence-electron chi connectivity index (χ0n) is 12.2. The van der Waals surface area contributed by atoms with E-state index in [1.807, 2.05) is 12.1 Å². The Morgan fingerprint density at radius 2 is 1.70 bits per heavy atom. The summed E-state index contributed by atoms with van der Waals surface area (Å²) in [6, 6.07) is 13.3. The first-order valence-electron chi connectivity index (χ1n) is 7.09. The Morgan fingerprint density at radius 1 is 1.00 bits per heavy atom. The summed E-state index contributed by atoms with van der Waals surface area (Å²) >= 11 is 0.